The molecule has 1 aromatic heterocycles. The normalized spacial score (nSPS) is 16.1. The van der Waals surface area contributed by atoms with Crippen molar-refractivity contribution in [2.24, 2.45) is 0 Å². The molecule has 1 saturated heterocycles. The van der Waals surface area contributed by atoms with Gasteiger partial charge in [-0.25, -0.2) is 18.0 Å². The summed E-state index contributed by atoms with van der Waals surface area (Å²) in [7, 11) is 0. The summed E-state index contributed by atoms with van der Waals surface area (Å²) < 4.78 is 48.1. The number of hydrogen-bond donors (Lipinski definition) is 0. The van der Waals surface area contributed by atoms with Crippen molar-refractivity contribution >= 4 is 40.3 Å². The highest BCUT2D eigenvalue weighted by Gasteiger charge is 2.48. The number of carbonyl (C=O) groups excluding carboxylic acids is 3. The van der Waals surface area contributed by atoms with Gasteiger partial charge < -0.3 is 9.64 Å². The standard InChI is InChI=1S/C28H18ClF3N2O4/c29-16-1-3-20-22(14-34(24(20)11-16)25(35)15-9-18(31)12-19(32)10-15)26(36)33-7-5-28(6-8-33)23-4-2-17(30)13-21(23)27(37)38-28/h1-4,9-14H,5-8H2. The third-order valence-electron chi connectivity index (χ3n) is 7.17. The Morgan fingerprint density at radius 2 is 1.58 bits per heavy atom. The highest BCUT2D eigenvalue weighted by molar-refractivity contribution is 6.31. The number of likely N-dealkylation sites (tertiary alicyclic amines) is 1. The largest absolute Gasteiger partial charge is 0.450 e. The van der Waals surface area contributed by atoms with Crippen molar-refractivity contribution in [2.45, 2.75) is 18.4 Å². The van der Waals surface area contributed by atoms with Crippen molar-refractivity contribution in [2.75, 3.05) is 13.1 Å². The van der Waals surface area contributed by atoms with Crippen molar-refractivity contribution in [1.29, 1.82) is 0 Å². The summed E-state index contributed by atoms with van der Waals surface area (Å²) in [5.41, 5.74) is 0.160. The van der Waals surface area contributed by atoms with Gasteiger partial charge in [0.1, 0.15) is 23.1 Å². The van der Waals surface area contributed by atoms with Gasteiger partial charge in [0.25, 0.3) is 11.8 Å². The third-order valence-corrected chi connectivity index (χ3v) is 7.40. The number of halogens is 4. The number of nitrogens with zero attached hydrogens (tertiary/aromatic N) is 2. The molecule has 4 aromatic rings. The number of fused-ring (bicyclic) bond motifs is 3. The molecule has 1 amide bonds. The van der Waals surface area contributed by atoms with Gasteiger partial charge >= 0.3 is 5.97 Å². The van der Waals surface area contributed by atoms with Crippen LogP contribution in [-0.4, -0.2) is 40.3 Å². The second kappa shape index (κ2) is 8.73. The summed E-state index contributed by atoms with van der Waals surface area (Å²) >= 11 is 6.16. The molecule has 10 heteroatoms. The van der Waals surface area contributed by atoms with Gasteiger partial charge in [0.05, 0.1) is 16.6 Å². The molecule has 1 spiro atoms. The maximum Gasteiger partial charge on any atom is 0.339 e. The fourth-order valence-corrected chi connectivity index (χ4v) is 5.50. The van der Waals surface area contributed by atoms with E-state index in [1.54, 1.807) is 23.1 Å². The van der Waals surface area contributed by atoms with Crippen LogP contribution in [0.3, 0.4) is 0 Å². The van der Waals surface area contributed by atoms with Gasteiger partial charge in [-0.15, -0.1) is 0 Å². The van der Waals surface area contributed by atoms with Crippen LogP contribution in [0.5, 0.6) is 0 Å². The molecule has 0 saturated carbocycles. The predicted octanol–water partition coefficient (Wildman–Crippen LogP) is 5.70. The van der Waals surface area contributed by atoms with E-state index < -0.39 is 34.9 Å². The molecule has 6 rings (SSSR count). The second-order valence-electron chi connectivity index (χ2n) is 9.40. The average molecular weight is 539 g/mol. The zero-order valence-corrected chi connectivity index (χ0v) is 20.4. The smallest absolute Gasteiger partial charge is 0.339 e. The molecule has 1 fully saturated rings. The van der Waals surface area contributed by atoms with E-state index in [2.05, 4.69) is 0 Å². The van der Waals surface area contributed by atoms with Gasteiger partial charge in [-0.2, -0.15) is 0 Å². The van der Waals surface area contributed by atoms with Gasteiger partial charge in [0.2, 0.25) is 0 Å². The monoisotopic (exact) mass is 538 g/mol. The summed E-state index contributed by atoms with van der Waals surface area (Å²) in [6.07, 6.45) is 1.97. The minimum atomic E-state index is -0.935. The second-order valence-corrected chi connectivity index (χ2v) is 9.84. The van der Waals surface area contributed by atoms with E-state index in [-0.39, 0.29) is 35.7 Å². The molecule has 3 heterocycles. The fourth-order valence-electron chi connectivity index (χ4n) is 5.34. The van der Waals surface area contributed by atoms with Gasteiger partial charge in [-0.1, -0.05) is 23.7 Å². The van der Waals surface area contributed by atoms with Gasteiger partial charge in [-0.3, -0.25) is 14.2 Å². The lowest BCUT2D eigenvalue weighted by Gasteiger charge is -2.38. The van der Waals surface area contributed by atoms with Crippen LogP contribution >= 0.6 is 11.6 Å². The van der Waals surface area contributed by atoms with Crippen LogP contribution in [0.15, 0.2) is 60.8 Å². The molecule has 6 nitrogen and oxygen atoms in total. The van der Waals surface area contributed by atoms with Crippen molar-refractivity contribution in [3.05, 3.63) is 106 Å². The van der Waals surface area contributed by atoms with Crippen LogP contribution in [0.4, 0.5) is 13.2 Å². The molecule has 0 unspecified atom stereocenters. The third kappa shape index (κ3) is 3.85. The van der Waals surface area contributed by atoms with Crippen LogP contribution in [-0.2, 0) is 10.3 Å². The van der Waals surface area contributed by atoms with E-state index in [4.69, 9.17) is 16.3 Å². The molecule has 0 aliphatic carbocycles. The molecule has 0 N–H and O–H groups in total. The number of esters is 1. The van der Waals surface area contributed by atoms with E-state index in [0.717, 1.165) is 22.8 Å². The molecule has 0 bridgehead atoms. The zero-order chi connectivity index (χ0) is 26.8. The Kier molecular flexibility index (Phi) is 5.57. The van der Waals surface area contributed by atoms with Gasteiger partial charge in [0.15, 0.2) is 0 Å². The molecule has 38 heavy (non-hydrogen) atoms. The minimum Gasteiger partial charge on any atom is -0.450 e. The number of ether oxygens (including phenoxy) is 1. The first-order valence-electron chi connectivity index (χ1n) is 11.8. The maximum atomic E-state index is 13.8. The maximum absolute atomic E-state index is 13.8. The Balaban J connectivity index is 1.32. The summed E-state index contributed by atoms with van der Waals surface area (Å²) in [6, 6.07) is 11.2. The topological polar surface area (TPSA) is 68.6 Å². The predicted molar refractivity (Wildman–Crippen MR) is 132 cm³/mol. The number of carbonyl (C=O) groups is 3. The van der Waals surface area contributed by atoms with Crippen LogP contribution < -0.4 is 0 Å². The number of benzene rings is 3. The summed E-state index contributed by atoms with van der Waals surface area (Å²) in [4.78, 5) is 40.8. The van der Waals surface area contributed by atoms with E-state index in [0.29, 0.717) is 40.4 Å². The first-order valence-corrected chi connectivity index (χ1v) is 12.2. The zero-order valence-electron chi connectivity index (χ0n) is 19.6. The van der Waals surface area contributed by atoms with Gasteiger partial charge in [-0.05, 0) is 36.4 Å². The van der Waals surface area contributed by atoms with Crippen molar-refractivity contribution < 1.29 is 32.3 Å². The molecule has 2 aliphatic heterocycles. The number of amides is 1. The Labute approximate surface area is 219 Å². The lowest BCUT2D eigenvalue weighted by molar-refractivity contribution is -0.0389. The Morgan fingerprint density at radius 3 is 2.29 bits per heavy atom. The Bertz CT molecular complexity index is 1650. The summed E-state index contributed by atoms with van der Waals surface area (Å²) in [5, 5.41) is 0.755. The number of aromatic nitrogens is 1. The van der Waals surface area contributed by atoms with E-state index >= 15 is 0 Å². The van der Waals surface area contributed by atoms with Crippen molar-refractivity contribution in [3.8, 4) is 0 Å². The average Bonchev–Trinajstić information content (AvgIpc) is 3.37. The van der Waals surface area contributed by atoms with Crippen LogP contribution in [0.25, 0.3) is 10.9 Å². The summed E-state index contributed by atoms with van der Waals surface area (Å²) in [5.74, 6) is -4.03. The number of piperidine rings is 1. The van der Waals surface area contributed by atoms with Gasteiger partial charge in [0, 0.05) is 59.7 Å². The minimum absolute atomic E-state index is 0.192. The SMILES string of the molecule is O=C1OC2(CCN(C(=O)c3cn(C(=O)c4cc(F)cc(F)c4)c4cc(Cl)ccc34)CC2)c2ccc(F)cc21. The van der Waals surface area contributed by atoms with Crippen molar-refractivity contribution in [1.82, 2.24) is 9.47 Å². The highest BCUT2D eigenvalue weighted by atomic mass is 35.5. The van der Waals surface area contributed by atoms with Crippen LogP contribution in [0, 0.1) is 17.5 Å². The van der Waals surface area contributed by atoms with Crippen molar-refractivity contribution in [3.63, 3.8) is 0 Å². The van der Waals surface area contributed by atoms with Crippen LogP contribution in [0.1, 0.15) is 49.5 Å². The molecule has 0 atom stereocenters. The first-order chi connectivity index (χ1) is 18.1. The lowest BCUT2D eigenvalue weighted by atomic mass is 9.83. The molecule has 2 aliphatic rings. The summed E-state index contributed by atoms with van der Waals surface area (Å²) in [6.45, 7) is 0.485. The molecule has 192 valence electrons. The quantitative estimate of drug-likeness (QED) is 0.307. The van der Waals surface area contributed by atoms with E-state index in [1.807, 2.05) is 0 Å². The molecule has 3 aromatic carbocycles. The fraction of sp³-hybridized carbons (Fsp3) is 0.179. The molecule has 0 radical (unpaired) electrons. The molecular formula is C28H18ClF3N2O4. The van der Waals surface area contributed by atoms with Crippen LogP contribution in [0.2, 0.25) is 5.02 Å². The Morgan fingerprint density at radius 1 is 0.868 bits per heavy atom. The first kappa shape index (κ1) is 24.2. The number of rotatable bonds is 2. The van der Waals surface area contributed by atoms with E-state index in [1.165, 1.54) is 18.3 Å². The highest BCUT2D eigenvalue weighted by Crippen LogP contribution is 2.44. The number of hydrogen-bond acceptors (Lipinski definition) is 4. The Hall–Kier alpha value is -4.11. The van der Waals surface area contributed by atoms with E-state index in [9.17, 15) is 27.6 Å². The lowest BCUT2D eigenvalue weighted by Crippen LogP contribution is -2.45. The molecular weight excluding hydrogens is 521 g/mol.